The molecule has 0 radical (unpaired) electrons. The number of hydrogen-bond acceptors (Lipinski definition) is 1. The molecule has 0 atom stereocenters. The van der Waals surface area contributed by atoms with E-state index in [0.717, 1.165) is 4.91 Å². The normalized spacial score (nSPS) is 11.6. The molecule has 0 saturated heterocycles. The van der Waals surface area contributed by atoms with Crippen molar-refractivity contribution >= 4 is 17.5 Å². The van der Waals surface area contributed by atoms with Crippen LogP contribution in [0.5, 0.6) is 0 Å². The van der Waals surface area contributed by atoms with Crippen molar-refractivity contribution in [3.05, 3.63) is 11.0 Å². The lowest BCUT2D eigenvalue weighted by molar-refractivity contribution is 0.676. The molecule has 0 saturated carbocycles. The molecule has 2 heteroatoms. The van der Waals surface area contributed by atoms with Gasteiger partial charge in [-0.15, -0.1) is 11.8 Å². The number of hydrogen-bond donors (Lipinski definition) is 0. The molecule has 8 heavy (non-hydrogen) atoms. The monoisotopic (exact) mass is 131 g/mol. The van der Waals surface area contributed by atoms with E-state index in [1.807, 2.05) is 19.3 Å². The fraction of sp³-hybridized carbons (Fsp3) is 0.500. The van der Waals surface area contributed by atoms with Gasteiger partial charge < -0.3 is 0 Å². The van der Waals surface area contributed by atoms with Crippen LogP contribution in [0.2, 0.25) is 0 Å². The topological polar surface area (TPSA) is 21.4 Å². The lowest BCUT2D eigenvalue weighted by Gasteiger charge is -1.86. The second-order valence-corrected chi connectivity index (χ2v) is 2.29. The van der Waals surface area contributed by atoms with Gasteiger partial charge in [0.15, 0.2) is 0 Å². The van der Waals surface area contributed by atoms with Gasteiger partial charge in [-0.2, -0.15) is 0 Å². The molecule has 0 heterocycles. The summed E-state index contributed by atoms with van der Waals surface area (Å²) in [4.78, 5) is 9.79. The standard InChI is InChI=1S/C6H10OS/c1-4-6(8-3)5(2)7/h4H,1-3H3/p+1/b6-4-. The number of ketones is 1. The van der Waals surface area contributed by atoms with Crippen molar-refractivity contribution in [3.63, 3.8) is 0 Å². The summed E-state index contributed by atoms with van der Waals surface area (Å²) in [7, 11) is 0. The third-order valence-corrected chi connectivity index (χ3v) is 1.81. The van der Waals surface area contributed by atoms with Crippen molar-refractivity contribution in [1.82, 2.24) is 0 Å². The highest BCUT2D eigenvalue weighted by molar-refractivity contribution is 8.03. The Hall–Kier alpha value is -0.240. The molecule has 0 aliphatic heterocycles. The van der Waals surface area contributed by atoms with E-state index in [0.29, 0.717) is 5.78 Å². The molecule has 0 aromatic rings. The molecule has 0 aliphatic rings. The van der Waals surface area contributed by atoms with Crippen LogP contribution < -0.4 is 0 Å². The molecule has 0 spiro atoms. The zero-order chi connectivity index (χ0) is 6.57. The Kier molecular flexibility index (Phi) is 3.61. The molecule has 0 amide bonds. The fourth-order valence-electron chi connectivity index (χ4n) is 0.474. The number of rotatable bonds is 2. The molecule has 0 rings (SSSR count). The summed E-state index contributed by atoms with van der Waals surface area (Å²) in [6.07, 6.45) is 3.83. The lowest BCUT2D eigenvalue weighted by atomic mass is 10.4. The van der Waals surface area contributed by atoms with Gasteiger partial charge in [0.05, 0.1) is 6.92 Å². The van der Waals surface area contributed by atoms with Crippen molar-refractivity contribution in [2.45, 2.75) is 13.8 Å². The quantitative estimate of drug-likeness (QED) is 0.413. The first-order valence-corrected chi connectivity index (χ1v) is 3.68. The third kappa shape index (κ3) is 2.17. The Morgan fingerprint density at radius 3 is 2.12 bits per heavy atom. The van der Waals surface area contributed by atoms with E-state index < -0.39 is 0 Å². The van der Waals surface area contributed by atoms with E-state index in [4.69, 9.17) is 4.79 Å². The molecule has 1 nitrogen and oxygen atoms in total. The predicted molar refractivity (Wildman–Crippen MR) is 39.9 cm³/mol. The zero-order valence-electron chi connectivity index (χ0n) is 5.43. The Labute approximate surface area is 54.2 Å². The minimum absolute atomic E-state index is 0.403. The van der Waals surface area contributed by atoms with E-state index in [1.54, 1.807) is 18.7 Å². The summed E-state index contributed by atoms with van der Waals surface area (Å²) < 4.78 is 0. The largest absolute Gasteiger partial charge is 0.326 e. The van der Waals surface area contributed by atoms with Gasteiger partial charge in [0.1, 0.15) is 4.91 Å². The minimum Gasteiger partial charge on any atom is -0.278 e. The second kappa shape index (κ2) is 3.72. The van der Waals surface area contributed by atoms with Crippen molar-refractivity contribution in [3.8, 4) is 0 Å². The van der Waals surface area contributed by atoms with Crippen molar-refractivity contribution < 1.29 is 4.79 Å². The van der Waals surface area contributed by atoms with Gasteiger partial charge in [-0.05, 0) is 13.2 Å². The van der Waals surface area contributed by atoms with E-state index in [-0.39, 0.29) is 0 Å². The van der Waals surface area contributed by atoms with Crippen LogP contribution in [-0.4, -0.2) is 16.8 Å². The predicted octanol–water partition coefficient (Wildman–Crippen LogP) is 1.82. The van der Waals surface area contributed by atoms with Gasteiger partial charge >= 0.3 is 5.78 Å². The van der Waals surface area contributed by atoms with E-state index in [9.17, 15) is 0 Å². The molecule has 0 aromatic heterocycles. The summed E-state index contributed by atoms with van der Waals surface area (Å²) in [6.45, 7) is 3.59. The van der Waals surface area contributed by atoms with Gasteiger partial charge in [-0.1, -0.05) is 6.08 Å². The Balaban J connectivity index is 3.92. The molecular formula is C6H11OS+. The van der Waals surface area contributed by atoms with Crippen LogP contribution in [-0.2, 0) is 0 Å². The van der Waals surface area contributed by atoms with Crippen molar-refractivity contribution in [1.29, 1.82) is 0 Å². The van der Waals surface area contributed by atoms with Crippen LogP contribution >= 0.6 is 11.8 Å². The summed E-state index contributed by atoms with van der Waals surface area (Å²) in [5.74, 6) is 0.403. The Morgan fingerprint density at radius 2 is 2.12 bits per heavy atom. The zero-order valence-corrected chi connectivity index (χ0v) is 6.25. The molecule has 1 N–H and O–H groups in total. The molecular weight excluding hydrogens is 120 g/mol. The maximum Gasteiger partial charge on any atom is 0.326 e. The molecule has 0 aromatic carbocycles. The fourth-order valence-corrected chi connectivity index (χ4v) is 1.01. The molecule has 0 bridgehead atoms. The average molecular weight is 131 g/mol. The summed E-state index contributed by atoms with van der Waals surface area (Å²) in [5.41, 5.74) is 0. The van der Waals surface area contributed by atoms with Gasteiger partial charge in [-0.3, -0.25) is 4.79 Å². The molecule has 0 unspecified atom stereocenters. The SMILES string of the molecule is C/C=C(\SC)C(C)=[OH+]. The average Bonchev–Trinajstić information content (AvgIpc) is 1.69. The van der Waals surface area contributed by atoms with Crippen molar-refractivity contribution in [2.75, 3.05) is 6.26 Å². The number of carbonyl (C=O) groups excluding carboxylic acids is 1. The highest BCUT2D eigenvalue weighted by Crippen LogP contribution is 2.10. The summed E-state index contributed by atoms with van der Waals surface area (Å²) >= 11 is 1.55. The number of allylic oxidation sites excluding steroid dienone is 2. The van der Waals surface area contributed by atoms with Crippen LogP contribution in [0.15, 0.2) is 11.0 Å². The van der Waals surface area contributed by atoms with E-state index in [1.165, 1.54) is 0 Å². The van der Waals surface area contributed by atoms with E-state index in [2.05, 4.69) is 0 Å². The first-order valence-electron chi connectivity index (χ1n) is 2.45. The maximum absolute atomic E-state index is 8.84. The third-order valence-electron chi connectivity index (χ3n) is 0.839. The Bertz CT molecular complexity index is 116. The van der Waals surface area contributed by atoms with Crippen LogP contribution in [0, 0.1) is 0 Å². The first-order chi connectivity index (χ1) is 3.72. The van der Waals surface area contributed by atoms with Gasteiger partial charge in [-0.25, -0.2) is 0 Å². The van der Waals surface area contributed by atoms with Crippen LogP contribution in [0.3, 0.4) is 0 Å². The van der Waals surface area contributed by atoms with Crippen LogP contribution in [0.1, 0.15) is 13.8 Å². The first kappa shape index (κ1) is 7.76. The highest BCUT2D eigenvalue weighted by Gasteiger charge is 2.03. The maximum atomic E-state index is 8.84. The van der Waals surface area contributed by atoms with Gasteiger partial charge in [0.2, 0.25) is 0 Å². The van der Waals surface area contributed by atoms with Crippen molar-refractivity contribution in [2.24, 2.45) is 0 Å². The van der Waals surface area contributed by atoms with Crippen LogP contribution in [0.4, 0.5) is 0 Å². The lowest BCUT2D eigenvalue weighted by Crippen LogP contribution is -1.90. The number of thioether (sulfide) groups is 1. The minimum atomic E-state index is 0.403. The van der Waals surface area contributed by atoms with Gasteiger partial charge in [0.25, 0.3) is 0 Å². The highest BCUT2D eigenvalue weighted by atomic mass is 32.2. The summed E-state index contributed by atoms with van der Waals surface area (Å²) in [5, 5.41) is 0. The van der Waals surface area contributed by atoms with Crippen LogP contribution in [0.25, 0.3) is 0 Å². The second-order valence-electron chi connectivity index (χ2n) is 1.44. The Morgan fingerprint density at radius 1 is 1.62 bits per heavy atom. The van der Waals surface area contributed by atoms with E-state index >= 15 is 0 Å². The molecule has 46 valence electrons. The molecule has 0 fully saturated rings. The smallest absolute Gasteiger partial charge is 0.278 e. The molecule has 0 aliphatic carbocycles. The summed E-state index contributed by atoms with van der Waals surface area (Å²) in [6, 6.07) is 0. The van der Waals surface area contributed by atoms with Gasteiger partial charge in [0, 0.05) is 0 Å².